The Morgan fingerprint density at radius 3 is 1.80 bits per heavy atom. The van der Waals surface area contributed by atoms with Gasteiger partial charge in [0.15, 0.2) is 0 Å². The molecule has 4 heteroatoms. The molecule has 0 aliphatic heterocycles. The summed E-state index contributed by atoms with van der Waals surface area (Å²) in [5.41, 5.74) is 0.657. The van der Waals surface area contributed by atoms with E-state index in [9.17, 15) is 9.59 Å². The average Bonchev–Trinajstić information content (AvgIpc) is 2.47. The standard InChI is InChI=1S/C16H18O4/c1-3-5-10-19-15(17)13-8-7-9-14(12-13)16(18)20-11-6-4-2/h3-9,12H,10-11H2,1-2H3. The van der Waals surface area contributed by atoms with Crippen LogP contribution in [0.2, 0.25) is 0 Å². The van der Waals surface area contributed by atoms with Crippen molar-refractivity contribution in [3.8, 4) is 0 Å². The summed E-state index contributed by atoms with van der Waals surface area (Å²) in [6.45, 7) is 4.11. The molecule has 0 heterocycles. The monoisotopic (exact) mass is 274 g/mol. The largest absolute Gasteiger partial charge is 0.458 e. The van der Waals surface area contributed by atoms with E-state index >= 15 is 0 Å². The van der Waals surface area contributed by atoms with Gasteiger partial charge in [-0.2, -0.15) is 0 Å². The molecule has 0 unspecified atom stereocenters. The number of rotatable bonds is 6. The van der Waals surface area contributed by atoms with Crippen LogP contribution in [0.3, 0.4) is 0 Å². The molecule has 0 fully saturated rings. The summed E-state index contributed by atoms with van der Waals surface area (Å²) in [5.74, 6) is -0.933. The maximum absolute atomic E-state index is 11.7. The predicted molar refractivity (Wildman–Crippen MR) is 76.6 cm³/mol. The van der Waals surface area contributed by atoms with E-state index in [0.29, 0.717) is 11.1 Å². The number of hydrogen-bond acceptors (Lipinski definition) is 4. The maximum atomic E-state index is 11.7. The van der Waals surface area contributed by atoms with Crippen molar-refractivity contribution in [2.75, 3.05) is 13.2 Å². The minimum absolute atomic E-state index is 0.214. The predicted octanol–water partition coefficient (Wildman–Crippen LogP) is 3.15. The molecule has 20 heavy (non-hydrogen) atoms. The van der Waals surface area contributed by atoms with Gasteiger partial charge in [0.2, 0.25) is 0 Å². The fraction of sp³-hybridized carbons (Fsp3) is 0.250. The molecule has 0 bridgehead atoms. The third-order valence-electron chi connectivity index (χ3n) is 2.43. The third-order valence-corrected chi connectivity index (χ3v) is 2.43. The summed E-state index contributed by atoms with van der Waals surface area (Å²) in [5, 5.41) is 0. The van der Waals surface area contributed by atoms with Gasteiger partial charge in [-0.25, -0.2) is 9.59 Å². The van der Waals surface area contributed by atoms with Gasteiger partial charge in [0, 0.05) is 0 Å². The van der Waals surface area contributed by atoms with Crippen molar-refractivity contribution >= 4 is 11.9 Å². The fourth-order valence-electron chi connectivity index (χ4n) is 1.38. The number of allylic oxidation sites excluding steroid dienone is 2. The molecule has 0 saturated carbocycles. The molecule has 0 saturated heterocycles. The topological polar surface area (TPSA) is 52.6 Å². The molecule has 0 spiro atoms. The van der Waals surface area contributed by atoms with Crippen molar-refractivity contribution in [3.63, 3.8) is 0 Å². The van der Waals surface area contributed by atoms with Crippen LogP contribution in [0.4, 0.5) is 0 Å². The van der Waals surface area contributed by atoms with Gasteiger partial charge >= 0.3 is 11.9 Å². The lowest BCUT2D eigenvalue weighted by atomic mass is 10.1. The number of esters is 2. The Bertz CT molecular complexity index is 472. The minimum atomic E-state index is -0.466. The van der Waals surface area contributed by atoms with Crippen LogP contribution in [0, 0.1) is 0 Å². The van der Waals surface area contributed by atoms with Crippen LogP contribution in [-0.4, -0.2) is 25.2 Å². The van der Waals surface area contributed by atoms with E-state index in [4.69, 9.17) is 9.47 Å². The smallest absolute Gasteiger partial charge is 0.338 e. The molecular weight excluding hydrogens is 256 g/mol. The van der Waals surface area contributed by atoms with Crippen molar-refractivity contribution in [2.45, 2.75) is 13.8 Å². The van der Waals surface area contributed by atoms with Crippen LogP contribution in [-0.2, 0) is 9.47 Å². The Morgan fingerprint density at radius 1 is 0.950 bits per heavy atom. The van der Waals surface area contributed by atoms with Crippen molar-refractivity contribution < 1.29 is 19.1 Å². The summed E-state index contributed by atoms with van der Waals surface area (Å²) in [7, 11) is 0. The maximum Gasteiger partial charge on any atom is 0.338 e. The van der Waals surface area contributed by atoms with E-state index in [1.165, 1.54) is 6.07 Å². The highest BCUT2D eigenvalue weighted by molar-refractivity contribution is 5.95. The van der Waals surface area contributed by atoms with Crippen molar-refractivity contribution in [1.82, 2.24) is 0 Å². The molecule has 0 N–H and O–H groups in total. The van der Waals surface area contributed by atoms with Crippen LogP contribution < -0.4 is 0 Å². The molecule has 4 nitrogen and oxygen atoms in total. The summed E-state index contributed by atoms with van der Waals surface area (Å²) < 4.78 is 10.0. The van der Waals surface area contributed by atoms with E-state index in [1.54, 1.807) is 42.5 Å². The van der Waals surface area contributed by atoms with Gasteiger partial charge in [0.25, 0.3) is 0 Å². The summed E-state index contributed by atoms with van der Waals surface area (Å²) >= 11 is 0. The Kier molecular flexibility index (Phi) is 6.82. The molecule has 0 aromatic heterocycles. The van der Waals surface area contributed by atoms with Gasteiger partial charge in [-0.1, -0.05) is 30.4 Å². The molecule has 106 valence electrons. The highest BCUT2D eigenvalue weighted by Gasteiger charge is 2.11. The molecule has 0 aliphatic carbocycles. The fourth-order valence-corrected chi connectivity index (χ4v) is 1.38. The molecule has 0 amide bonds. The molecule has 1 aromatic rings. The second-order valence-electron chi connectivity index (χ2n) is 3.92. The lowest BCUT2D eigenvalue weighted by Crippen LogP contribution is -2.09. The minimum Gasteiger partial charge on any atom is -0.458 e. The highest BCUT2D eigenvalue weighted by atomic mass is 16.5. The van der Waals surface area contributed by atoms with E-state index in [-0.39, 0.29) is 13.2 Å². The Morgan fingerprint density at radius 2 is 1.40 bits per heavy atom. The van der Waals surface area contributed by atoms with Gasteiger partial charge < -0.3 is 9.47 Å². The molecule has 1 rings (SSSR count). The normalized spacial score (nSPS) is 10.9. The van der Waals surface area contributed by atoms with E-state index in [1.807, 2.05) is 13.8 Å². The Labute approximate surface area is 118 Å². The molecule has 0 radical (unpaired) electrons. The van der Waals surface area contributed by atoms with Crippen LogP contribution >= 0.6 is 0 Å². The zero-order valence-electron chi connectivity index (χ0n) is 11.7. The summed E-state index contributed by atoms with van der Waals surface area (Å²) in [6.07, 6.45) is 7.05. The van der Waals surface area contributed by atoms with Crippen molar-refractivity contribution in [3.05, 3.63) is 59.7 Å². The second kappa shape index (κ2) is 8.69. The summed E-state index contributed by atoms with van der Waals surface area (Å²) in [4.78, 5) is 23.5. The van der Waals surface area contributed by atoms with Gasteiger partial charge in [0.1, 0.15) is 13.2 Å². The third kappa shape index (κ3) is 5.10. The Balaban J connectivity index is 2.69. The van der Waals surface area contributed by atoms with E-state index in [0.717, 1.165) is 0 Å². The number of benzene rings is 1. The number of hydrogen-bond donors (Lipinski definition) is 0. The first-order valence-electron chi connectivity index (χ1n) is 6.35. The first kappa shape index (κ1) is 15.7. The van der Waals surface area contributed by atoms with Crippen molar-refractivity contribution in [1.29, 1.82) is 0 Å². The van der Waals surface area contributed by atoms with Crippen LogP contribution in [0.15, 0.2) is 48.6 Å². The van der Waals surface area contributed by atoms with Crippen LogP contribution in [0.1, 0.15) is 34.6 Å². The summed E-state index contributed by atoms with van der Waals surface area (Å²) in [6, 6.07) is 6.29. The molecule has 0 aliphatic rings. The molecule has 0 atom stereocenters. The van der Waals surface area contributed by atoms with Gasteiger partial charge in [-0.15, -0.1) is 0 Å². The van der Waals surface area contributed by atoms with Crippen molar-refractivity contribution in [2.24, 2.45) is 0 Å². The first-order valence-corrected chi connectivity index (χ1v) is 6.35. The number of carbonyl (C=O) groups excluding carboxylic acids is 2. The first-order chi connectivity index (χ1) is 9.69. The van der Waals surface area contributed by atoms with Crippen LogP contribution in [0.5, 0.6) is 0 Å². The zero-order valence-corrected chi connectivity index (χ0v) is 11.7. The van der Waals surface area contributed by atoms with Crippen LogP contribution in [0.25, 0.3) is 0 Å². The Hall–Kier alpha value is -2.36. The van der Waals surface area contributed by atoms with Gasteiger partial charge in [-0.3, -0.25) is 0 Å². The average molecular weight is 274 g/mol. The second-order valence-corrected chi connectivity index (χ2v) is 3.92. The molecule has 1 aromatic carbocycles. The number of carbonyl (C=O) groups is 2. The molecular formula is C16H18O4. The number of ether oxygens (including phenoxy) is 2. The van der Waals surface area contributed by atoms with E-state index in [2.05, 4.69) is 0 Å². The van der Waals surface area contributed by atoms with Gasteiger partial charge in [-0.05, 0) is 32.0 Å². The lowest BCUT2D eigenvalue weighted by molar-refractivity contribution is 0.0548. The lowest BCUT2D eigenvalue weighted by Gasteiger charge is -2.05. The SMILES string of the molecule is CC=CCOC(=O)c1cccc(C(=O)OCC=CC)c1. The van der Waals surface area contributed by atoms with E-state index < -0.39 is 11.9 Å². The quantitative estimate of drug-likeness (QED) is 0.590. The highest BCUT2D eigenvalue weighted by Crippen LogP contribution is 2.08. The van der Waals surface area contributed by atoms with Gasteiger partial charge in [0.05, 0.1) is 11.1 Å². The zero-order chi connectivity index (χ0) is 14.8.